The lowest BCUT2D eigenvalue weighted by Gasteiger charge is -2.16. The Labute approximate surface area is 133 Å². The fourth-order valence-electron chi connectivity index (χ4n) is 1.94. The monoisotopic (exact) mass is 339 g/mol. The van der Waals surface area contributed by atoms with Crippen molar-refractivity contribution in [2.45, 2.75) is 17.4 Å². The molecule has 0 fully saturated rings. The Morgan fingerprint density at radius 1 is 1.30 bits per heavy atom. The predicted molar refractivity (Wildman–Crippen MR) is 81.4 cm³/mol. The average molecular weight is 339 g/mol. The molecule has 1 atom stereocenters. The lowest BCUT2D eigenvalue weighted by Crippen LogP contribution is -2.43. The summed E-state index contributed by atoms with van der Waals surface area (Å²) in [6.45, 7) is 0. The highest BCUT2D eigenvalue weighted by atomic mass is 32.2. The van der Waals surface area contributed by atoms with Crippen LogP contribution in [0.2, 0.25) is 0 Å². The van der Waals surface area contributed by atoms with E-state index < -0.39 is 22.0 Å². The number of esters is 1. The third kappa shape index (κ3) is 4.30. The molecule has 23 heavy (non-hydrogen) atoms. The molecule has 1 heterocycles. The van der Waals surface area contributed by atoms with Gasteiger partial charge in [0.05, 0.1) is 25.4 Å². The van der Waals surface area contributed by atoms with Crippen LogP contribution >= 0.6 is 0 Å². The van der Waals surface area contributed by atoms with Crippen LogP contribution in [0.1, 0.15) is 5.69 Å². The summed E-state index contributed by atoms with van der Waals surface area (Å²) in [6, 6.07) is 4.78. The molecule has 0 aliphatic heterocycles. The smallest absolute Gasteiger partial charge is 0.324 e. The maximum absolute atomic E-state index is 12.4. The molecular weight excluding hydrogens is 322 g/mol. The molecular formula is C14H17N3O5S. The van der Waals surface area contributed by atoms with Gasteiger partial charge in [-0.1, -0.05) is 0 Å². The van der Waals surface area contributed by atoms with Crippen LogP contribution in [-0.2, 0) is 26.0 Å². The summed E-state index contributed by atoms with van der Waals surface area (Å²) in [5, 5.41) is 0. The highest BCUT2D eigenvalue weighted by molar-refractivity contribution is 7.89. The molecule has 2 N–H and O–H groups in total. The van der Waals surface area contributed by atoms with Gasteiger partial charge in [-0.2, -0.15) is 4.72 Å². The second kappa shape index (κ2) is 7.25. The number of nitrogens with one attached hydrogen (secondary N) is 2. The molecule has 1 unspecified atom stereocenters. The predicted octanol–water partition coefficient (Wildman–Crippen LogP) is 0.481. The molecule has 0 aliphatic carbocycles. The van der Waals surface area contributed by atoms with Crippen molar-refractivity contribution in [2.24, 2.45) is 0 Å². The first-order valence-corrected chi connectivity index (χ1v) is 8.16. The first-order valence-electron chi connectivity index (χ1n) is 6.67. The normalized spacial score (nSPS) is 12.6. The van der Waals surface area contributed by atoms with Gasteiger partial charge in [0.1, 0.15) is 11.8 Å². The molecule has 0 spiro atoms. The van der Waals surface area contributed by atoms with Gasteiger partial charge in [-0.05, 0) is 24.3 Å². The average Bonchev–Trinajstić information content (AvgIpc) is 3.06. The number of H-pyrrole nitrogens is 1. The van der Waals surface area contributed by atoms with Crippen LogP contribution in [-0.4, -0.2) is 44.6 Å². The number of nitrogens with zero attached hydrogens (tertiary/aromatic N) is 1. The number of hydrogen-bond donors (Lipinski definition) is 2. The van der Waals surface area contributed by atoms with Gasteiger partial charge in [0.2, 0.25) is 10.0 Å². The van der Waals surface area contributed by atoms with E-state index in [4.69, 9.17) is 4.74 Å². The molecule has 0 radical (unpaired) electrons. The maximum atomic E-state index is 12.4. The summed E-state index contributed by atoms with van der Waals surface area (Å²) < 4.78 is 36.8. The summed E-state index contributed by atoms with van der Waals surface area (Å²) in [5.41, 5.74) is 0.609. The number of rotatable bonds is 7. The van der Waals surface area contributed by atoms with Gasteiger partial charge in [0, 0.05) is 18.3 Å². The summed E-state index contributed by atoms with van der Waals surface area (Å²) in [6.07, 6.45) is 3.06. The van der Waals surface area contributed by atoms with E-state index in [2.05, 4.69) is 19.4 Å². The van der Waals surface area contributed by atoms with Crippen molar-refractivity contribution in [3.05, 3.63) is 42.5 Å². The third-order valence-electron chi connectivity index (χ3n) is 3.13. The molecule has 0 saturated carbocycles. The Morgan fingerprint density at radius 2 is 2.00 bits per heavy atom. The van der Waals surface area contributed by atoms with Gasteiger partial charge in [0.15, 0.2) is 0 Å². The van der Waals surface area contributed by atoms with Gasteiger partial charge in [-0.15, -0.1) is 0 Å². The van der Waals surface area contributed by atoms with Crippen LogP contribution in [0.3, 0.4) is 0 Å². The van der Waals surface area contributed by atoms with Crippen LogP contribution in [0.25, 0.3) is 0 Å². The Bertz CT molecular complexity index is 741. The SMILES string of the molecule is COC(=O)C(Cc1cnc[nH]1)NS(=O)(=O)c1ccc(OC)cc1. The van der Waals surface area contributed by atoms with E-state index in [0.29, 0.717) is 11.4 Å². The second-order valence-electron chi connectivity index (χ2n) is 4.65. The minimum atomic E-state index is -3.88. The number of methoxy groups -OCH3 is 2. The minimum absolute atomic E-state index is 0.0248. The fourth-order valence-corrected chi connectivity index (χ4v) is 3.13. The fraction of sp³-hybridized carbons (Fsp3) is 0.286. The molecule has 2 rings (SSSR count). The van der Waals surface area contributed by atoms with Gasteiger partial charge >= 0.3 is 5.97 Å². The van der Waals surface area contributed by atoms with Crippen LogP contribution in [0.15, 0.2) is 41.7 Å². The number of sulfonamides is 1. The quantitative estimate of drug-likeness (QED) is 0.710. The van der Waals surface area contributed by atoms with Crippen LogP contribution in [0.4, 0.5) is 0 Å². The number of imidazole rings is 1. The van der Waals surface area contributed by atoms with Gasteiger partial charge < -0.3 is 14.5 Å². The molecule has 9 heteroatoms. The Hall–Kier alpha value is -2.39. The molecule has 124 valence electrons. The van der Waals surface area contributed by atoms with Crippen LogP contribution < -0.4 is 9.46 Å². The standard InChI is InChI=1S/C14H17N3O5S/c1-21-11-3-5-12(6-4-11)23(19,20)17-13(14(18)22-2)7-10-8-15-9-16-10/h3-6,8-9,13,17H,7H2,1-2H3,(H,15,16). The van der Waals surface area contributed by atoms with Crippen molar-refractivity contribution >= 4 is 16.0 Å². The van der Waals surface area contributed by atoms with Gasteiger partial charge in [-0.3, -0.25) is 4.79 Å². The zero-order chi connectivity index (χ0) is 16.9. The van der Waals surface area contributed by atoms with E-state index in [0.717, 1.165) is 0 Å². The zero-order valence-electron chi connectivity index (χ0n) is 12.6. The Balaban J connectivity index is 2.20. The Morgan fingerprint density at radius 3 is 2.52 bits per heavy atom. The number of benzene rings is 1. The van der Waals surface area contributed by atoms with Crippen molar-refractivity contribution in [1.82, 2.24) is 14.7 Å². The van der Waals surface area contributed by atoms with Gasteiger partial charge in [-0.25, -0.2) is 13.4 Å². The first kappa shape index (κ1) is 17.0. The minimum Gasteiger partial charge on any atom is -0.497 e. The maximum Gasteiger partial charge on any atom is 0.324 e. The lowest BCUT2D eigenvalue weighted by atomic mass is 10.2. The number of aromatic amines is 1. The molecule has 8 nitrogen and oxygen atoms in total. The third-order valence-corrected chi connectivity index (χ3v) is 4.62. The van der Waals surface area contributed by atoms with Gasteiger partial charge in [0.25, 0.3) is 0 Å². The van der Waals surface area contributed by atoms with Crippen molar-refractivity contribution in [2.75, 3.05) is 14.2 Å². The van der Waals surface area contributed by atoms with Crippen LogP contribution in [0.5, 0.6) is 5.75 Å². The lowest BCUT2D eigenvalue weighted by molar-refractivity contribution is -0.142. The molecule has 0 aliphatic rings. The highest BCUT2D eigenvalue weighted by Gasteiger charge is 2.27. The van der Waals surface area contributed by atoms with Crippen molar-refractivity contribution in [3.8, 4) is 5.75 Å². The largest absolute Gasteiger partial charge is 0.497 e. The van der Waals surface area contributed by atoms with E-state index in [1.54, 1.807) is 0 Å². The summed E-state index contributed by atoms with van der Waals surface area (Å²) in [4.78, 5) is 18.5. The highest BCUT2D eigenvalue weighted by Crippen LogP contribution is 2.16. The molecule has 1 aromatic carbocycles. The Kier molecular flexibility index (Phi) is 5.35. The summed E-state index contributed by atoms with van der Waals surface area (Å²) in [5.74, 6) is -0.150. The number of hydrogen-bond acceptors (Lipinski definition) is 6. The molecule has 1 aromatic heterocycles. The van der Waals surface area contributed by atoms with Crippen LogP contribution in [0, 0.1) is 0 Å². The number of carbonyl (C=O) groups excluding carboxylic acids is 1. The van der Waals surface area contributed by atoms with E-state index in [-0.39, 0.29) is 11.3 Å². The van der Waals surface area contributed by atoms with E-state index in [1.807, 2.05) is 0 Å². The summed E-state index contributed by atoms with van der Waals surface area (Å²) in [7, 11) is -1.20. The van der Waals surface area contributed by atoms with E-state index in [9.17, 15) is 13.2 Å². The van der Waals surface area contributed by atoms with E-state index >= 15 is 0 Å². The van der Waals surface area contributed by atoms with Crippen molar-refractivity contribution in [3.63, 3.8) is 0 Å². The van der Waals surface area contributed by atoms with Crippen molar-refractivity contribution in [1.29, 1.82) is 0 Å². The first-order chi connectivity index (χ1) is 11.0. The number of ether oxygens (including phenoxy) is 2. The summed E-state index contributed by atoms with van der Waals surface area (Å²) >= 11 is 0. The number of aromatic nitrogens is 2. The number of carbonyl (C=O) groups is 1. The topological polar surface area (TPSA) is 110 Å². The van der Waals surface area contributed by atoms with E-state index in [1.165, 1.54) is 51.0 Å². The second-order valence-corrected chi connectivity index (χ2v) is 6.37. The molecule has 0 amide bonds. The molecule has 0 bridgehead atoms. The molecule has 0 saturated heterocycles. The van der Waals surface area contributed by atoms with Crippen molar-refractivity contribution < 1.29 is 22.7 Å². The molecule has 2 aromatic rings. The zero-order valence-corrected chi connectivity index (χ0v) is 13.5.